The van der Waals surface area contributed by atoms with Crippen LogP contribution in [0.5, 0.6) is 11.5 Å². The van der Waals surface area contributed by atoms with E-state index in [0.29, 0.717) is 18.7 Å². The molecule has 4 rings (SSSR count). The summed E-state index contributed by atoms with van der Waals surface area (Å²) in [6.07, 6.45) is 1.53. The first-order valence-electron chi connectivity index (χ1n) is 11.9. The van der Waals surface area contributed by atoms with Crippen LogP contribution in [-0.2, 0) is 16.2 Å². The Labute approximate surface area is 211 Å². The average molecular weight is 484 g/mol. The van der Waals surface area contributed by atoms with E-state index in [2.05, 4.69) is 17.0 Å². The average Bonchev–Trinajstić information content (AvgIpc) is 3.71. The molecule has 1 aliphatic rings. The molecule has 6 heteroatoms. The van der Waals surface area contributed by atoms with Gasteiger partial charge in [0, 0.05) is 17.5 Å². The molecule has 0 aliphatic heterocycles. The smallest absolute Gasteiger partial charge is 0.307 e. The van der Waals surface area contributed by atoms with Crippen molar-refractivity contribution in [2.45, 2.75) is 32.3 Å². The van der Waals surface area contributed by atoms with Gasteiger partial charge in [0.15, 0.2) is 0 Å². The van der Waals surface area contributed by atoms with Crippen molar-refractivity contribution in [1.29, 1.82) is 0 Å². The largest absolute Gasteiger partial charge is 0.489 e. The fourth-order valence-electron chi connectivity index (χ4n) is 3.86. The molecule has 1 fully saturated rings. The summed E-state index contributed by atoms with van der Waals surface area (Å²) in [5, 5.41) is 13.2. The second-order valence-corrected chi connectivity index (χ2v) is 8.53. The van der Waals surface area contributed by atoms with Crippen molar-refractivity contribution < 1.29 is 24.2 Å². The third kappa shape index (κ3) is 6.67. The number of hydrogen-bond acceptors (Lipinski definition) is 5. The maximum atomic E-state index is 11.1. The van der Waals surface area contributed by atoms with Crippen LogP contribution in [0.25, 0.3) is 0 Å². The van der Waals surface area contributed by atoms with Gasteiger partial charge in [-0.15, -0.1) is 0 Å². The molecule has 0 heterocycles. The molecular weight excluding hydrogens is 454 g/mol. The zero-order valence-electron chi connectivity index (χ0n) is 20.4. The molecule has 2 atom stereocenters. The summed E-state index contributed by atoms with van der Waals surface area (Å²) in [6, 6.07) is 23.2. The molecule has 3 aromatic carbocycles. The number of aliphatic carboxylic acids is 1. The molecule has 1 saturated carbocycles. The quantitative estimate of drug-likeness (QED) is 0.229. The number of nitrogens with zero attached hydrogens (tertiary/aromatic N) is 1. The molecule has 3 aromatic rings. The molecule has 0 saturated heterocycles. The molecule has 0 aromatic heterocycles. The highest BCUT2D eigenvalue weighted by Gasteiger charge is 2.44. The molecule has 184 valence electrons. The van der Waals surface area contributed by atoms with Crippen molar-refractivity contribution in [2.75, 3.05) is 13.7 Å². The van der Waals surface area contributed by atoms with E-state index < -0.39 is 5.97 Å². The summed E-state index contributed by atoms with van der Waals surface area (Å²) in [6.45, 7) is 2.71. The lowest BCUT2D eigenvalue weighted by Gasteiger charge is -2.11. The predicted octanol–water partition coefficient (Wildman–Crippen LogP) is 5.64. The Morgan fingerprint density at radius 3 is 2.25 bits per heavy atom. The Balaban J connectivity index is 1.28. The number of rotatable bonds is 10. The van der Waals surface area contributed by atoms with Crippen molar-refractivity contribution in [3.63, 3.8) is 0 Å². The Morgan fingerprint density at radius 1 is 0.972 bits per heavy atom. The first-order valence-corrected chi connectivity index (χ1v) is 11.9. The van der Waals surface area contributed by atoms with Crippen molar-refractivity contribution in [2.24, 2.45) is 11.1 Å². The van der Waals surface area contributed by atoms with Crippen LogP contribution in [0.15, 0.2) is 78.0 Å². The molecule has 6 nitrogen and oxygen atoms in total. The van der Waals surface area contributed by atoms with Gasteiger partial charge < -0.3 is 19.4 Å². The van der Waals surface area contributed by atoms with Crippen molar-refractivity contribution in [3.8, 4) is 23.3 Å². The Bertz CT molecular complexity index is 1250. The van der Waals surface area contributed by atoms with Gasteiger partial charge in [-0.25, -0.2) is 0 Å². The first kappa shape index (κ1) is 24.9. The number of carboxylic acid groups (broad SMARTS) is 1. The minimum absolute atomic E-state index is 0.123. The zero-order chi connectivity index (χ0) is 25.3. The number of carboxylic acids is 1. The lowest BCUT2D eigenvalue weighted by Crippen LogP contribution is -2.13. The van der Waals surface area contributed by atoms with Crippen molar-refractivity contribution in [1.82, 2.24) is 0 Å². The lowest BCUT2D eigenvalue weighted by molar-refractivity contribution is -0.138. The van der Waals surface area contributed by atoms with Gasteiger partial charge in [-0.3, -0.25) is 4.79 Å². The maximum absolute atomic E-state index is 11.1. The van der Waals surface area contributed by atoms with Crippen LogP contribution in [0.3, 0.4) is 0 Å². The number of hydrogen-bond donors (Lipinski definition) is 1. The van der Waals surface area contributed by atoms with E-state index in [9.17, 15) is 4.79 Å². The summed E-state index contributed by atoms with van der Waals surface area (Å²) in [5.74, 6) is 6.79. The molecule has 1 N–H and O–H groups in total. The van der Waals surface area contributed by atoms with E-state index in [1.165, 1.54) is 7.11 Å². The van der Waals surface area contributed by atoms with Gasteiger partial charge >= 0.3 is 5.97 Å². The van der Waals surface area contributed by atoms with Gasteiger partial charge in [0.2, 0.25) is 0 Å². The molecule has 0 spiro atoms. The van der Waals surface area contributed by atoms with E-state index in [1.54, 1.807) is 0 Å². The van der Waals surface area contributed by atoms with E-state index in [-0.39, 0.29) is 18.4 Å². The molecule has 0 amide bonds. The van der Waals surface area contributed by atoms with Crippen molar-refractivity contribution in [3.05, 3.63) is 95.1 Å². The van der Waals surface area contributed by atoms with Gasteiger partial charge in [-0.05, 0) is 59.9 Å². The van der Waals surface area contributed by atoms with E-state index in [1.807, 2.05) is 79.7 Å². The minimum Gasteiger partial charge on any atom is -0.489 e. The maximum Gasteiger partial charge on any atom is 0.307 e. The second-order valence-electron chi connectivity index (χ2n) is 8.53. The van der Waals surface area contributed by atoms with Crippen LogP contribution in [0.4, 0.5) is 0 Å². The number of oxime groups is 1. The van der Waals surface area contributed by atoms with Gasteiger partial charge in [0.05, 0.1) is 5.92 Å². The Hall–Kier alpha value is -4.24. The molecule has 1 aliphatic carbocycles. The number of carbonyl (C=O) groups is 1. The number of ether oxygens (including phenoxy) is 2. The molecule has 0 bridgehead atoms. The first-order chi connectivity index (χ1) is 17.6. The summed E-state index contributed by atoms with van der Waals surface area (Å²) in [5.41, 5.74) is 4.61. The van der Waals surface area contributed by atoms with Crippen LogP contribution in [0.2, 0.25) is 0 Å². The van der Waals surface area contributed by atoms with Gasteiger partial charge in [0.25, 0.3) is 0 Å². The summed E-state index contributed by atoms with van der Waals surface area (Å²) in [7, 11) is 1.52. The van der Waals surface area contributed by atoms with E-state index >= 15 is 0 Å². The van der Waals surface area contributed by atoms with Crippen LogP contribution in [0, 0.1) is 17.8 Å². The van der Waals surface area contributed by atoms with Crippen LogP contribution in [0.1, 0.15) is 47.9 Å². The summed E-state index contributed by atoms with van der Waals surface area (Å²) in [4.78, 5) is 16.1. The number of benzene rings is 3. The van der Waals surface area contributed by atoms with E-state index in [0.717, 1.165) is 40.2 Å². The van der Waals surface area contributed by atoms with Crippen molar-refractivity contribution >= 4 is 11.7 Å². The SMILES string of the molecule is CCC#Cc1ccc(C(COc2ccc(COc3ccc(C4CC4C(=O)O)cc3)cc2)=NOC)cc1. The standard InChI is InChI=1S/C30H29NO5/c1-3-4-5-21-6-10-24(11-7-21)29(31-34-2)20-36-25-14-8-22(9-15-25)19-35-26-16-12-23(13-17-26)27-18-28(27)30(32)33/h6-17,27-28H,3,18-20H2,1-2H3,(H,32,33). The van der Waals surface area contributed by atoms with Crippen LogP contribution in [-0.4, -0.2) is 30.5 Å². The summed E-state index contributed by atoms with van der Waals surface area (Å²) < 4.78 is 11.8. The lowest BCUT2D eigenvalue weighted by atomic mass is 10.1. The topological polar surface area (TPSA) is 77.4 Å². The molecule has 2 unspecified atom stereocenters. The van der Waals surface area contributed by atoms with E-state index in [4.69, 9.17) is 19.4 Å². The molecule has 36 heavy (non-hydrogen) atoms. The molecule has 0 radical (unpaired) electrons. The zero-order valence-corrected chi connectivity index (χ0v) is 20.4. The highest BCUT2D eigenvalue weighted by atomic mass is 16.6. The predicted molar refractivity (Wildman–Crippen MR) is 138 cm³/mol. The fourth-order valence-corrected chi connectivity index (χ4v) is 3.86. The highest BCUT2D eigenvalue weighted by Crippen LogP contribution is 2.47. The minimum atomic E-state index is -0.721. The fraction of sp³-hybridized carbons (Fsp3) is 0.267. The highest BCUT2D eigenvalue weighted by molar-refractivity contribution is 6.01. The normalized spacial score (nSPS) is 16.4. The Kier molecular flexibility index (Phi) is 8.25. The monoisotopic (exact) mass is 483 g/mol. The Morgan fingerprint density at radius 2 is 1.64 bits per heavy atom. The van der Waals surface area contributed by atoms with Gasteiger partial charge in [0.1, 0.15) is 37.5 Å². The molecular formula is C30H29NO5. The third-order valence-electron chi connectivity index (χ3n) is 5.95. The van der Waals surface area contributed by atoms with Gasteiger partial charge in [-0.2, -0.15) is 0 Å². The third-order valence-corrected chi connectivity index (χ3v) is 5.95. The van der Waals surface area contributed by atoms with Crippen LogP contribution < -0.4 is 9.47 Å². The van der Waals surface area contributed by atoms with Crippen LogP contribution >= 0.6 is 0 Å². The van der Waals surface area contributed by atoms with Gasteiger partial charge in [-0.1, -0.05) is 60.3 Å². The second kappa shape index (κ2) is 11.9. The summed E-state index contributed by atoms with van der Waals surface area (Å²) >= 11 is 0.